The Labute approximate surface area is 119 Å². The lowest BCUT2D eigenvalue weighted by molar-refractivity contribution is -0.129. The van der Waals surface area contributed by atoms with E-state index in [2.05, 4.69) is 16.3 Å². The third-order valence-electron chi connectivity index (χ3n) is 3.48. The highest BCUT2D eigenvalue weighted by atomic mass is 35.5. The van der Waals surface area contributed by atoms with Crippen LogP contribution in [-0.4, -0.2) is 44.0 Å². The predicted octanol–water partition coefficient (Wildman–Crippen LogP) is 1.73. The van der Waals surface area contributed by atoms with Gasteiger partial charge in [0.05, 0.1) is 10.7 Å². The first-order chi connectivity index (χ1) is 9.13. The number of benzene rings is 1. The van der Waals surface area contributed by atoms with Crippen LogP contribution in [-0.2, 0) is 11.3 Å². The maximum atomic E-state index is 11.3. The smallest absolute Gasteiger partial charge is 0.219 e. The molecule has 0 spiro atoms. The molecule has 1 N–H and O–H groups in total. The van der Waals surface area contributed by atoms with Gasteiger partial charge in [-0.1, -0.05) is 23.7 Å². The highest BCUT2D eigenvalue weighted by molar-refractivity contribution is 6.33. The van der Waals surface area contributed by atoms with Gasteiger partial charge in [-0.25, -0.2) is 0 Å². The van der Waals surface area contributed by atoms with E-state index in [0.29, 0.717) is 0 Å². The Morgan fingerprint density at radius 1 is 1.32 bits per heavy atom. The van der Waals surface area contributed by atoms with E-state index in [1.165, 1.54) is 5.56 Å². The molecule has 1 aliphatic heterocycles. The number of rotatable bonds is 3. The Hall–Kier alpha value is -1.26. The normalized spacial score (nSPS) is 15.7. The van der Waals surface area contributed by atoms with Gasteiger partial charge in [-0.15, -0.1) is 0 Å². The van der Waals surface area contributed by atoms with Crippen molar-refractivity contribution in [1.29, 1.82) is 0 Å². The number of para-hydroxylation sites is 1. The van der Waals surface area contributed by atoms with Gasteiger partial charge in [-0.05, 0) is 18.7 Å². The molecule has 0 bridgehead atoms. The Kier molecular flexibility index (Phi) is 4.66. The zero-order chi connectivity index (χ0) is 13.8. The molecule has 0 radical (unpaired) electrons. The molecule has 1 heterocycles. The van der Waals surface area contributed by atoms with E-state index in [0.717, 1.165) is 43.4 Å². The Morgan fingerprint density at radius 3 is 2.58 bits per heavy atom. The van der Waals surface area contributed by atoms with Gasteiger partial charge in [0.25, 0.3) is 0 Å². The number of hydrogen-bond acceptors (Lipinski definition) is 3. The third kappa shape index (κ3) is 3.19. The summed E-state index contributed by atoms with van der Waals surface area (Å²) in [5, 5.41) is 3.95. The molecule has 1 aromatic carbocycles. The van der Waals surface area contributed by atoms with E-state index in [9.17, 15) is 4.79 Å². The van der Waals surface area contributed by atoms with E-state index in [4.69, 9.17) is 11.6 Å². The van der Waals surface area contributed by atoms with Crippen LogP contribution in [0.25, 0.3) is 0 Å². The molecule has 0 aromatic heterocycles. The standard InChI is InChI=1S/C14H20ClN3O/c1-11(19)17-6-8-18(9-7-17)14-12(10-16-2)4-3-5-13(14)15/h3-5,16H,6-10H2,1-2H3. The molecule has 2 rings (SSSR count). The summed E-state index contributed by atoms with van der Waals surface area (Å²) in [4.78, 5) is 15.5. The molecule has 1 fully saturated rings. The molecule has 1 aromatic rings. The van der Waals surface area contributed by atoms with E-state index in [1.807, 2.05) is 24.1 Å². The van der Waals surface area contributed by atoms with Crippen molar-refractivity contribution in [1.82, 2.24) is 10.2 Å². The summed E-state index contributed by atoms with van der Waals surface area (Å²) in [7, 11) is 1.93. The molecule has 0 saturated carbocycles. The highest BCUT2D eigenvalue weighted by Crippen LogP contribution is 2.30. The van der Waals surface area contributed by atoms with Crippen LogP contribution in [0.2, 0.25) is 5.02 Å². The molecule has 0 atom stereocenters. The molecule has 0 aliphatic carbocycles. The number of halogens is 1. The first-order valence-corrected chi connectivity index (χ1v) is 6.93. The number of hydrogen-bond donors (Lipinski definition) is 1. The van der Waals surface area contributed by atoms with Gasteiger partial charge in [0, 0.05) is 39.6 Å². The van der Waals surface area contributed by atoms with Crippen LogP contribution in [0.5, 0.6) is 0 Å². The van der Waals surface area contributed by atoms with E-state index in [-0.39, 0.29) is 5.91 Å². The van der Waals surface area contributed by atoms with Gasteiger partial charge in [-0.2, -0.15) is 0 Å². The fourth-order valence-electron chi connectivity index (χ4n) is 2.49. The van der Waals surface area contributed by atoms with Crippen LogP contribution < -0.4 is 10.2 Å². The van der Waals surface area contributed by atoms with Crippen molar-refractivity contribution in [3.05, 3.63) is 28.8 Å². The summed E-state index contributed by atoms with van der Waals surface area (Å²) in [5.74, 6) is 0.147. The number of anilines is 1. The minimum atomic E-state index is 0.147. The highest BCUT2D eigenvalue weighted by Gasteiger charge is 2.21. The summed E-state index contributed by atoms with van der Waals surface area (Å²) in [6.45, 7) is 5.61. The Morgan fingerprint density at radius 2 is 2.00 bits per heavy atom. The number of carbonyl (C=O) groups excluding carboxylic acids is 1. The van der Waals surface area contributed by atoms with E-state index >= 15 is 0 Å². The van der Waals surface area contributed by atoms with Gasteiger partial charge >= 0.3 is 0 Å². The molecular weight excluding hydrogens is 262 g/mol. The summed E-state index contributed by atoms with van der Waals surface area (Å²) in [6, 6.07) is 5.99. The van der Waals surface area contributed by atoms with Crippen molar-refractivity contribution in [2.24, 2.45) is 0 Å². The number of nitrogens with zero attached hydrogens (tertiary/aromatic N) is 2. The van der Waals surface area contributed by atoms with E-state index < -0.39 is 0 Å². The predicted molar refractivity (Wildman–Crippen MR) is 78.7 cm³/mol. The molecular formula is C14H20ClN3O. The fraction of sp³-hybridized carbons (Fsp3) is 0.500. The number of carbonyl (C=O) groups is 1. The van der Waals surface area contributed by atoms with Crippen molar-refractivity contribution in [3.8, 4) is 0 Å². The lowest BCUT2D eigenvalue weighted by Gasteiger charge is -2.37. The largest absolute Gasteiger partial charge is 0.367 e. The minimum Gasteiger partial charge on any atom is -0.367 e. The van der Waals surface area contributed by atoms with Gasteiger partial charge in [0.2, 0.25) is 5.91 Å². The summed E-state index contributed by atoms with van der Waals surface area (Å²) in [5.41, 5.74) is 2.30. The summed E-state index contributed by atoms with van der Waals surface area (Å²) >= 11 is 6.35. The number of amides is 1. The van der Waals surface area contributed by atoms with Crippen LogP contribution in [0.15, 0.2) is 18.2 Å². The Bertz CT molecular complexity index is 456. The van der Waals surface area contributed by atoms with Gasteiger partial charge in [0.1, 0.15) is 0 Å². The lowest BCUT2D eigenvalue weighted by atomic mass is 10.1. The van der Waals surface area contributed by atoms with Crippen LogP contribution in [0, 0.1) is 0 Å². The summed E-state index contributed by atoms with van der Waals surface area (Å²) in [6.07, 6.45) is 0. The molecule has 0 unspecified atom stereocenters. The second kappa shape index (κ2) is 6.26. The first kappa shape index (κ1) is 14.2. The number of nitrogens with one attached hydrogen (secondary N) is 1. The van der Waals surface area contributed by atoms with Gasteiger partial charge in [-0.3, -0.25) is 4.79 Å². The fourth-order valence-corrected chi connectivity index (χ4v) is 2.81. The molecule has 1 amide bonds. The van der Waals surface area contributed by atoms with Crippen LogP contribution in [0.3, 0.4) is 0 Å². The maximum Gasteiger partial charge on any atom is 0.219 e. The zero-order valence-corrected chi connectivity index (χ0v) is 12.2. The lowest BCUT2D eigenvalue weighted by Crippen LogP contribution is -2.48. The average Bonchev–Trinajstić information content (AvgIpc) is 2.39. The summed E-state index contributed by atoms with van der Waals surface area (Å²) < 4.78 is 0. The van der Waals surface area contributed by atoms with Gasteiger partial charge in [0.15, 0.2) is 0 Å². The molecule has 19 heavy (non-hydrogen) atoms. The average molecular weight is 282 g/mol. The second-order valence-electron chi connectivity index (χ2n) is 4.77. The maximum absolute atomic E-state index is 11.3. The van der Waals surface area contributed by atoms with Crippen molar-refractivity contribution in [2.75, 3.05) is 38.1 Å². The molecule has 1 saturated heterocycles. The Balaban J connectivity index is 2.16. The van der Waals surface area contributed by atoms with Crippen LogP contribution in [0.4, 0.5) is 5.69 Å². The van der Waals surface area contributed by atoms with Crippen molar-refractivity contribution in [2.45, 2.75) is 13.5 Å². The first-order valence-electron chi connectivity index (χ1n) is 6.56. The molecule has 104 valence electrons. The SMILES string of the molecule is CNCc1cccc(Cl)c1N1CCN(C(C)=O)CC1. The van der Waals surface area contributed by atoms with Crippen LogP contribution >= 0.6 is 11.6 Å². The minimum absolute atomic E-state index is 0.147. The van der Waals surface area contributed by atoms with Crippen molar-refractivity contribution in [3.63, 3.8) is 0 Å². The zero-order valence-electron chi connectivity index (χ0n) is 11.4. The molecule has 1 aliphatic rings. The molecule has 5 heteroatoms. The van der Waals surface area contributed by atoms with E-state index in [1.54, 1.807) is 6.92 Å². The van der Waals surface area contributed by atoms with Gasteiger partial charge < -0.3 is 15.1 Å². The monoisotopic (exact) mass is 281 g/mol. The second-order valence-corrected chi connectivity index (χ2v) is 5.18. The van der Waals surface area contributed by atoms with Crippen molar-refractivity contribution >= 4 is 23.2 Å². The quantitative estimate of drug-likeness (QED) is 0.917. The number of piperazine rings is 1. The van der Waals surface area contributed by atoms with Crippen LogP contribution in [0.1, 0.15) is 12.5 Å². The van der Waals surface area contributed by atoms with Crippen molar-refractivity contribution < 1.29 is 4.79 Å². The topological polar surface area (TPSA) is 35.6 Å². The third-order valence-corrected chi connectivity index (χ3v) is 3.78. The molecule has 4 nitrogen and oxygen atoms in total.